The first-order valence-corrected chi connectivity index (χ1v) is 11.9. The molecule has 0 aliphatic heterocycles. The predicted octanol–water partition coefficient (Wildman–Crippen LogP) is 4.54. The molecule has 5 rings (SSSR count). The molecule has 0 amide bonds. The molecule has 2 aromatic carbocycles. The molecular formula is C26H24N2O3S. The van der Waals surface area contributed by atoms with E-state index in [-0.39, 0.29) is 17.9 Å². The first-order valence-electron chi connectivity index (χ1n) is 11.1. The van der Waals surface area contributed by atoms with E-state index in [4.69, 9.17) is 0 Å². The smallest absolute Gasteiger partial charge is 0.292 e. The Morgan fingerprint density at radius 2 is 1.69 bits per heavy atom. The summed E-state index contributed by atoms with van der Waals surface area (Å²) in [5.41, 5.74) is 2.54. The first-order chi connectivity index (χ1) is 15.6. The summed E-state index contributed by atoms with van der Waals surface area (Å²) in [5.74, 6) is -0.146. The molecule has 0 bridgehead atoms. The Bertz CT molecular complexity index is 1430. The van der Waals surface area contributed by atoms with Crippen LogP contribution in [0.2, 0.25) is 0 Å². The van der Waals surface area contributed by atoms with Crippen LogP contribution in [0.1, 0.15) is 46.1 Å². The van der Waals surface area contributed by atoms with E-state index in [1.807, 2.05) is 42.5 Å². The Kier molecular flexibility index (Phi) is 5.39. The van der Waals surface area contributed by atoms with Crippen LogP contribution in [0.15, 0.2) is 64.2 Å². The Morgan fingerprint density at radius 1 is 0.969 bits per heavy atom. The molecule has 2 heterocycles. The fourth-order valence-electron chi connectivity index (χ4n) is 4.48. The quantitative estimate of drug-likeness (QED) is 0.425. The minimum Gasteiger partial charge on any atom is -0.292 e. The average Bonchev–Trinajstić information content (AvgIpc) is 3.22. The zero-order chi connectivity index (χ0) is 22.2. The number of aromatic nitrogens is 2. The molecule has 6 heteroatoms. The lowest BCUT2D eigenvalue weighted by atomic mass is 9.97. The lowest BCUT2D eigenvalue weighted by Crippen LogP contribution is -2.40. The van der Waals surface area contributed by atoms with Gasteiger partial charge >= 0.3 is 5.69 Å². The number of rotatable bonds is 5. The summed E-state index contributed by atoms with van der Waals surface area (Å²) in [6, 6.07) is 16.5. The van der Waals surface area contributed by atoms with E-state index in [1.165, 1.54) is 25.3 Å². The van der Waals surface area contributed by atoms with Gasteiger partial charge < -0.3 is 0 Å². The van der Waals surface area contributed by atoms with E-state index in [9.17, 15) is 14.4 Å². The number of carbonyl (C=O) groups is 1. The maximum Gasteiger partial charge on any atom is 0.337 e. The van der Waals surface area contributed by atoms with Gasteiger partial charge in [-0.3, -0.25) is 14.2 Å². The van der Waals surface area contributed by atoms with Crippen molar-refractivity contribution < 1.29 is 4.79 Å². The van der Waals surface area contributed by atoms with E-state index in [0.717, 1.165) is 43.2 Å². The molecule has 0 spiro atoms. The number of thiophene rings is 1. The van der Waals surface area contributed by atoms with Crippen molar-refractivity contribution in [3.05, 3.63) is 97.0 Å². The molecule has 0 atom stereocenters. The van der Waals surface area contributed by atoms with Gasteiger partial charge in [-0.15, -0.1) is 11.3 Å². The number of nitrogens with zero attached hydrogens (tertiary/aromatic N) is 2. The lowest BCUT2D eigenvalue weighted by Gasteiger charge is -2.13. The van der Waals surface area contributed by atoms with Crippen molar-refractivity contribution in [2.45, 2.75) is 45.6 Å². The Labute approximate surface area is 189 Å². The number of hydrogen-bond donors (Lipinski definition) is 0. The molecule has 0 fully saturated rings. The van der Waals surface area contributed by atoms with Gasteiger partial charge in [-0.1, -0.05) is 49.4 Å². The number of aryl methyl sites for hydroxylation is 3. The summed E-state index contributed by atoms with van der Waals surface area (Å²) in [6.45, 7) is 1.97. The van der Waals surface area contributed by atoms with Crippen LogP contribution in [0.3, 0.4) is 0 Å². The second-order valence-corrected chi connectivity index (χ2v) is 9.29. The standard InChI is InChI=1S/C26H24N2O3S/c1-2-17-12-14-19(15-13-17)28-24(30)23-20-10-6-7-11-22(20)32-25(23)27(26(28)31)16-21(29)18-8-4-3-5-9-18/h3-5,8-9,12-15H,2,6-7,10-11,16H2,1H3. The van der Waals surface area contributed by atoms with Crippen LogP contribution in [0, 0.1) is 0 Å². The van der Waals surface area contributed by atoms with Crippen LogP contribution in [-0.2, 0) is 25.8 Å². The SMILES string of the molecule is CCc1ccc(-n2c(=O)c3c4c(sc3n(CC(=O)c3ccccc3)c2=O)CCCC4)cc1. The molecule has 162 valence electrons. The van der Waals surface area contributed by atoms with Gasteiger partial charge in [-0.2, -0.15) is 0 Å². The Hall–Kier alpha value is -3.25. The van der Waals surface area contributed by atoms with Crippen molar-refractivity contribution in [3.8, 4) is 5.69 Å². The normalized spacial score (nSPS) is 13.3. The van der Waals surface area contributed by atoms with Crippen LogP contribution in [0.25, 0.3) is 15.9 Å². The fourth-order valence-corrected chi connectivity index (χ4v) is 5.85. The highest BCUT2D eigenvalue weighted by molar-refractivity contribution is 7.18. The topological polar surface area (TPSA) is 61.1 Å². The summed E-state index contributed by atoms with van der Waals surface area (Å²) >= 11 is 1.50. The fraction of sp³-hybridized carbons (Fsp3) is 0.269. The second-order valence-electron chi connectivity index (χ2n) is 8.21. The third-order valence-electron chi connectivity index (χ3n) is 6.24. The molecule has 1 aliphatic rings. The molecule has 5 nitrogen and oxygen atoms in total. The monoisotopic (exact) mass is 444 g/mol. The molecule has 0 radical (unpaired) electrons. The van der Waals surface area contributed by atoms with Gasteiger partial charge in [0.25, 0.3) is 5.56 Å². The third kappa shape index (κ3) is 3.45. The molecule has 0 unspecified atom stereocenters. The summed E-state index contributed by atoms with van der Waals surface area (Å²) in [7, 11) is 0. The van der Waals surface area contributed by atoms with E-state index >= 15 is 0 Å². The molecule has 0 saturated heterocycles. The maximum absolute atomic E-state index is 13.6. The molecule has 32 heavy (non-hydrogen) atoms. The highest BCUT2D eigenvalue weighted by Gasteiger charge is 2.25. The van der Waals surface area contributed by atoms with E-state index in [2.05, 4.69) is 6.92 Å². The molecule has 0 saturated carbocycles. The summed E-state index contributed by atoms with van der Waals surface area (Å²) in [6.07, 6.45) is 4.75. The highest BCUT2D eigenvalue weighted by Crippen LogP contribution is 2.34. The number of carbonyl (C=O) groups excluding carboxylic acids is 1. The minimum absolute atomic E-state index is 0.0912. The van der Waals surface area contributed by atoms with Gasteiger partial charge in [0.1, 0.15) is 4.83 Å². The van der Waals surface area contributed by atoms with Gasteiger partial charge in [0.05, 0.1) is 17.6 Å². The maximum atomic E-state index is 13.6. The van der Waals surface area contributed by atoms with Crippen LogP contribution in [-0.4, -0.2) is 14.9 Å². The van der Waals surface area contributed by atoms with Crippen molar-refractivity contribution in [1.29, 1.82) is 0 Å². The number of benzene rings is 2. The zero-order valence-electron chi connectivity index (χ0n) is 18.0. The summed E-state index contributed by atoms with van der Waals surface area (Å²) in [5, 5.41) is 0.602. The van der Waals surface area contributed by atoms with Crippen molar-refractivity contribution in [2.24, 2.45) is 0 Å². The zero-order valence-corrected chi connectivity index (χ0v) is 18.8. The number of fused-ring (bicyclic) bond motifs is 3. The molecule has 1 aliphatic carbocycles. The van der Waals surface area contributed by atoms with Crippen molar-refractivity contribution in [1.82, 2.24) is 9.13 Å². The van der Waals surface area contributed by atoms with Crippen molar-refractivity contribution in [2.75, 3.05) is 0 Å². The predicted molar refractivity (Wildman–Crippen MR) is 128 cm³/mol. The summed E-state index contributed by atoms with van der Waals surface area (Å²) < 4.78 is 2.74. The number of hydrogen-bond acceptors (Lipinski definition) is 4. The van der Waals surface area contributed by atoms with Crippen LogP contribution >= 0.6 is 11.3 Å². The molecule has 4 aromatic rings. The van der Waals surface area contributed by atoms with Crippen LogP contribution in [0.5, 0.6) is 0 Å². The molecule has 0 N–H and O–H groups in total. The van der Waals surface area contributed by atoms with E-state index in [0.29, 0.717) is 21.5 Å². The lowest BCUT2D eigenvalue weighted by molar-refractivity contribution is 0.0971. The second kappa shape index (κ2) is 8.36. The average molecular weight is 445 g/mol. The molecule has 2 aromatic heterocycles. The van der Waals surface area contributed by atoms with Crippen molar-refractivity contribution in [3.63, 3.8) is 0 Å². The van der Waals surface area contributed by atoms with Gasteiger partial charge in [0.2, 0.25) is 0 Å². The largest absolute Gasteiger partial charge is 0.337 e. The third-order valence-corrected chi connectivity index (χ3v) is 7.55. The molecular weight excluding hydrogens is 420 g/mol. The number of Topliss-reactive ketones (excluding diaryl/α,β-unsaturated/α-hetero) is 1. The summed E-state index contributed by atoms with van der Waals surface area (Å²) in [4.78, 5) is 42.1. The van der Waals surface area contributed by atoms with E-state index < -0.39 is 5.69 Å². The Morgan fingerprint density at radius 3 is 2.41 bits per heavy atom. The Balaban J connectivity index is 1.76. The van der Waals surface area contributed by atoms with Gasteiger partial charge in [0, 0.05) is 10.4 Å². The minimum atomic E-state index is -0.463. The van der Waals surface area contributed by atoms with Gasteiger partial charge in [-0.05, 0) is 55.4 Å². The highest BCUT2D eigenvalue weighted by atomic mass is 32.1. The van der Waals surface area contributed by atoms with E-state index in [1.54, 1.807) is 12.1 Å². The number of ketones is 1. The van der Waals surface area contributed by atoms with Gasteiger partial charge in [0.15, 0.2) is 5.78 Å². The van der Waals surface area contributed by atoms with Gasteiger partial charge in [-0.25, -0.2) is 9.36 Å². The first kappa shape index (κ1) is 20.6. The van der Waals surface area contributed by atoms with Crippen LogP contribution < -0.4 is 11.2 Å². The van der Waals surface area contributed by atoms with Crippen LogP contribution in [0.4, 0.5) is 0 Å². The van der Waals surface area contributed by atoms with Crippen molar-refractivity contribution >= 4 is 27.3 Å².